The second kappa shape index (κ2) is 11.5. The number of nitrogens with one attached hydrogen (secondary N) is 1. The number of rotatable bonds is 8. The van der Waals surface area contributed by atoms with Crippen molar-refractivity contribution in [3.63, 3.8) is 0 Å². The number of amides is 1. The number of ketones is 1. The smallest absolute Gasteiger partial charge is 0.339 e. The van der Waals surface area contributed by atoms with Crippen LogP contribution in [0, 0.1) is 6.92 Å². The van der Waals surface area contributed by atoms with Crippen molar-refractivity contribution in [3.05, 3.63) is 95.1 Å². The number of benzene rings is 3. The number of sulfonamides is 1. The van der Waals surface area contributed by atoms with Gasteiger partial charge in [0.05, 0.1) is 23.7 Å². The van der Waals surface area contributed by atoms with Crippen LogP contribution in [-0.2, 0) is 24.3 Å². The maximum Gasteiger partial charge on any atom is 0.339 e. The van der Waals surface area contributed by atoms with E-state index in [1.54, 1.807) is 61.5 Å². The van der Waals surface area contributed by atoms with Gasteiger partial charge in [0, 0.05) is 29.9 Å². The van der Waals surface area contributed by atoms with Crippen LogP contribution in [-0.4, -0.2) is 63.3 Å². The van der Waals surface area contributed by atoms with Gasteiger partial charge in [-0.05, 0) is 30.7 Å². The summed E-state index contributed by atoms with van der Waals surface area (Å²) in [5.74, 6) is -1.82. The molecule has 37 heavy (non-hydrogen) atoms. The molecule has 0 spiro atoms. The highest BCUT2D eigenvalue weighted by Gasteiger charge is 2.28. The molecule has 0 bridgehead atoms. The van der Waals surface area contributed by atoms with E-state index in [2.05, 4.69) is 5.32 Å². The Bertz CT molecular complexity index is 1420. The Labute approximate surface area is 215 Å². The molecule has 9 nitrogen and oxygen atoms in total. The lowest BCUT2D eigenvalue weighted by Gasteiger charge is -2.26. The van der Waals surface area contributed by atoms with Crippen molar-refractivity contribution in [2.75, 3.05) is 38.2 Å². The first-order chi connectivity index (χ1) is 17.8. The molecule has 0 unspecified atom stereocenters. The number of aryl methyl sites for hydroxylation is 1. The zero-order valence-electron chi connectivity index (χ0n) is 20.2. The van der Waals surface area contributed by atoms with Crippen molar-refractivity contribution in [1.29, 1.82) is 0 Å². The van der Waals surface area contributed by atoms with Crippen LogP contribution in [0.3, 0.4) is 0 Å². The summed E-state index contributed by atoms with van der Waals surface area (Å²) in [5.41, 5.74) is 1.41. The minimum Gasteiger partial charge on any atom is -0.452 e. The van der Waals surface area contributed by atoms with Gasteiger partial charge in [0.2, 0.25) is 10.0 Å². The average molecular weight is 523 g/mol. The Kier molecular flexibility index (Phi) is 8.12. The quantitative estimate of drug-likeness (QED) is 0.357. The normalized spacial score (nSPS) is 14.1. The van der Waals surface area contributed by atoms with Gasteiger partial charge < -0.3 is 14.8 Å². The van der Waals surface area contributed by atoms with Crippen LogP contribution in [0.25, 0.3) is 0 Å². The fourth-order valence-corrected chi connectivity index (χ4v) is 5.55. The minimum absolute atomic E-state index is 0.0402. The molecule has 0 saturated carbocycles. The maximum absolute atomic E-state index is 13.1. The van der Waals surface area contributed by atoms with Gasteiger partial charge in [-0.15, -0.1) is 0 Å². The maximum atomic E-state index is 13.1. The van der Waals surface area contributed by atoms with E-state index in [0.717, 1.165) is 0 Å². The van der Waals surface area contributed by atoms with Gasteiger partial charge in [-0.25, -0.2) is 13.2 Å². The van der Waals surface area contributed by atoms with E-state index >= 15 is 0 Å². The lowest BCUT2D eigenvalue weighted by atomic mass is 9.98. The van der Waals surface area contributed by atoms with E-state index in [9.17, 15) is 22.8 Å². The van der Waals surface area contributed by atoms with Gasteiger partial charge in [-0.2, -0.15) is 4.31 Å². The third kappa shape index (κ3) is 6.11. The predicted octanol–water partition coefficient (Wildman–Crippen LogP) is 3.04. The first-order valence-corrected chi connectivity index (χ1v) is 13.1. The van der Waals surface area contributed by atoms with E-state index in [-0.39, 0.29) is 40.6 Å². The summed E-state index contributed by atoms with van der Waals surface area (Å²) in [7, 11) is -3.76. The Morgan fingerprint density at radius 1 is 0.919 bits per heavy atom. The number of hydrogen-bond donors (Lipinski definition) is 1. The molecule has 4 rings (SSSR count). The Morgan fingerprint density at radius 3 is 2.27 bits per heavy atom. The summed E-state index contributed by atoms with van der Waals surface area (Å²) in [5, 5.41) is 2.56. The van der Waals surface area contributed by atoms with Gasteiger partial charge in [0.25, 0.3) is 5.91 Å². The molecule has 1 heterocycles. The van der Waals surface area contributed by atoms with Crippen LogP contribution in [0.15, 0.2) is 77.7 Å². The van der Waals surface area contributed by atoms with Gasteiger partial charge in [0.1, 0.15) is 0 Å². The average Bonchev–Trinajstić information content (AvgIpc) is 2.93. The van der Waals surface area contributed by atoms with Gasteiger partial charge in [-0.3, -0.25) is 9.59 Å². The van der Waals surface area contributed by atoms with E-state index in [1.807, 2.05) is 0 Å². The van der Waals surface area contributed by atoms with Gasteiger partial charge in [-0.1, -0.05) is 54.6 Å². The molecule has 10 heteroatoms. The van der Waals surface area contributed by atoms with Crippen LogP contribution >= 0.6 is 0 Å². The first-order valence-electron chi connectivity index (χ1n) is 11.6. The number of esters is 1. The highest BCUT2D eigenvalue weighted by molar-refractivity contribution is 7.89. The van der Waals surface area contributed by atoms with Crippen molar-refractivity contribution in [2.45, 2.75) is 11.8 Å². The summed E-state index contributed by atoms with van der Waals surface area (Å²) in [6.07, 6.45) is 0. The number of carbonyl (C=O) groups is 3. The molecule has 0 aromatic heterocycles. The second-order valence-corrected chi connectivity index (χ2v) is 10.3. The third-order valence-corrected chi connectivity index (χ3v) is 7.86. The van der Waals surface area contributed by atoms with Crippen LogP contribution in [0.1, 0.15) is 31.8 Å². The van der Waals surface area contributed by atoms with Crippen molar-refractivity contribution in [1.82, 2.24) is 4.31 Å². The molecule has 1 aliphatic rings. The number of nitrogens with zero attached hydrogens (tertiary/aromatic N) is 1. The standard InChI is InChI=1S/C27H26N2O7S/c1-19-11-12-21(17-24(19)37(33,34)29-13-15-35-16-14-29)28-25(30)18-36-27(32)23-10-6-5-9-22(23)26(31)20-7-3-2-4-8-20/h2-12,17H,13-16,18H2,1H3,(H,28,30). The molecule has 1 N–H and O–H groups in total. The highest BCUT2D eigenvalue weighted by atomic mass is 32.2. The number of anilines is 1. The van der Waals surface area contributed by atoms with E-state index in [1.165, 1.54) is 22.5 Å². The SMILES string of the molecule is Cc1ccc(NC(=O)COC(=O)c2ccccc2C(=O)c2ccccc2)cc1S(=O)(=O)N1CCOCC1. The molecule has 1 amide bonds. The molecular formula is C27H26N2O7S. The number of morpholine rings is 1. The zero-order valence-corrected chi connectivity index (χ0v) is 21.0. The topological polar surface area (TPSA) is 119 Å². The Morgan fingerprint density at radius 2 is 1.57 bits per heavy atom. The molecule has 0 aliphatic carbocycles. The fourth-order valence-electron chi connectivity index (χ4n) is 3.89. The molecular weight excluding hydrogens is 496 g/mol. The lowest BCUT2D eigenvalue weighted by molar-refractivity contribution is -0.119. The molecule has 1 saturated heterocycles. The predicted molar refractivity (Wildman–Crippen MR) is 136 cm³/mol. The molecule has 1 fully saturated rings. The largest absolute Gasteiger partial charge is 0.452 e. The lowest BCUT2D eigenvalue weighted by Crippen LogP contribution is -2.40. The van der Waals surface area contributed by atoms with E-state index in [4.69, 9.17) is 9.47 Å². The molecule has 3 aromatic carbocycles. The van der Waals surface area contributed by atoms with Crippen molar-refractivity contribution in [3.8, 4) is 0 Å². The summed E-state index contributed by atoms with van der Waals surface area (Å²) in [6.45, 7) is 2.20. The molecule has 0 atom stereocenters. The summed E-state index contributed by atoms with van der Waals surface area (Å²) in [4.78, 5) is 38.2. The summed E-state index contributed by atoms with van der Waals surface area (Å²) in [6, 6.07) is 19.3. The number of hydrogen-bond acceptors (Lipinski definition) is 7. The highest BCUT2D eigenvalue weighted by Crippen LogP contribution is 2.24. The Hall–Kier alpha value is -3.86. The van der Waals surface area contributed by atoms with Crippen LogP contribution in [0.5, 0.6) is 0 Å². The molecule has 1 aliphatic heterocycles. The zero-order chi connectivity index (χ0) is 26.4. The van der Waals surface area contributed by atoms with Crippen LogP contribution < -0.4 is 5.32 Å². The van der Waals surface area contributed by atoms with Crippen LogP contribution in [0.4, 0.5) is 5.69 Å². The number of ether oxygens (including phenoxy) is 2. The molecule has 0 radical (unpaired) electrons. The van der Waals surface area contributed by atoms with E-state index < -0.39 is 28.5 Å². The van der Waals surface area contributed by atoms with Crippen LogP contribution in [0.2, 0.25) is 0 Å². The van der Waals surface area contributed by atoms with Crippen molar-refractivity contribution >= 4 is 33.4 Å². The summed E-state index contributed by atoms with van der Waals surface area (Å²) >= 11 is 0. The fraction of sp³-hybridized carbons (Fsp3) is 0.222. The molecule has 3 aromatic rings. The monoisotopic (exact) mass is 522 g/mol. The Balaban J connectivity index is 1.43. The minimum atomic E-state index is -3.76. The summed E-state index contributed by atoms with van der Waals surface area (Å²) < 4.78 is 37.9. The third-order valence-electron chi connectivity index (χ3n) is 5.82. The number of carbonyl (C=O) groups excluding carboxylic acids is 3. The van der Waals surface area contributed by atoms with Crippen molar-refractivity contribution < 1.29 is 32.3 Å². The van der Waals surface area contributed by atoms with E-state index in [0.29, 0.717) is 24.3 Å². The second-order valence-electron chi connectivity index (χ2n) is 8.36. The molecule has 192 valence electrons. The van der Waals surface area contributed by atoms with Gasteiger partial charge in [0.15, 0.2) is 12.4 Å². The van der Waals surface area contributed by atoms with Gasteiger partial charge >= 0.3 is 5.97 Å². The van der Waals surface area contributed by atoms with Crippen molar-refractivity contribution in [2.24, 2.45) is 0 Å². The first kappa shape index (κ1) is 26.2.